The van der Waals surface area contributed by atoms with Crippen LogP contribution in [-0.4, -0.2) is 25.2 Å². The molecule has 0 radical (unpaired) electrons. The van der Waals surface area contributed by atoms with E-state index in [1.54, 1.807) is 32.4 Å². The molecule has 2 rings (SSSR count). The van der Waals surface area contributed by atoms with E-state index in [2.05, 4.69) is 16.2 Å². The van der Waals surface area contributed by atoms with Gasteiger partial charge in [0.1, 0.15) is 5.82 Å². The quantitative estimate of drug-likeness (QED) is 0.531. The van der Waals surface area contributed by atoms with Crippen molar-refractivity contribution in [3.05, 3.63) is 53.8 Å². The highest BCUT2D eigenvalue weighted by molar-refractivity contribution is 7.80. The number of hydrogen-bond donors (Lipinski definition) is 3. The highest BCUT2D eigenvalue weighted by Crippen LogP contribution is 2.27. The Hall–Kier alpha value is -2.87. The predicted molar refractivity (Wildman–Crippen MR) is 102 cm³/mol. The zero-order valence-corrected chi connectivity index (χ0v) is 15.3. The van der Waals surface area contributed by atoms with Crippen molar-refractivity contribution in [1.82, 2.24) is 10.9 Å². The molecule has 2 aromatic rings. The van der Waals surface area contributed by atoms with E-state index in [1.165, 1.54) is 12.1 Å². The van der Waals surface area contributed by atoms with Crippen LogP contribution in [0.3, 0.4) is 0 Å². The molecular weight excluding hydrogens is 357 g/mol. The van der Waals surface area contributed by atoms with Crippen LogP contribution in [0.1, 0.15) is 12.0 Å². The van der Waals surface area contributed by atoms with Gasteiger partial charge in [0.05, 0.1) is 14.2 Å². The molecule has 1 amide bonds. The molecular formula is C18H20FN3O3S. The predicted octanol–water partition coefficient (Wildman–Crippen LogP) is 2.79. The largest absolute Gasteiger partial charge is 0.493 e. The first-order valence-electron chi connectivity index (χ1n) is 7.84. The third-order valence-electron chi connectivity index (χ3n) is 3.51. The molecule has 138 valence electrons. The van der Waals surface area contributed by atoms with E-state index in [0.717, 1.165) is 5.56 Å². The lowest BCUT2D eigenvalue weighted by atomic mass is 10.1. The fourth-order valence-corrected chi connectivity index (χ4v) is 2.35. The molecule has 0 saturated carbocycles. The summed E-state index contributed by atoms with van der Waals surface area (Å²) in [4.78, 5) is 11.9. The van der Waals surface area contributed by atoms with Crippen molar-refractivity contribution in [3.8, 4) is 11.5 Å². The van der Waals surface area contributed by atoms with E-state index >= 15 is 0 Å². The molecule has 0 unspecified atom stereocenters. The van der Waals surface area contributed by atoms with Crippen molar-refractivity contribution < 1.29 is 18.7 Å². The van der Waals surface area contributed by atoms with E-state index in [-0.39, 0.29) is 23.3 Å². The normalized spacial score (nSPS) is 9.96. The molecule has 0 aliphatic heterocycles. The summed E-state index contributed by atoms with van der Waals surface area (Å²) >= 11 is 5.06. The van der Waals surface area contributed by atoms with Gasteiger partial charge in [-0.1, -0.05) is 6.07 Å². The second-order valence-corrected chi connectivity index (χ2v) is 5.73. The fourth-order valence-electron chi connectivity index (χ4n) is 2.18. The van der Waals surface area contributed by atoms with Gasteiger partial charge < -0.3 is 14.8 Å². The fraction of sp³-hybridized carbons (Fsp3) is 0.222. The molecule has 0 heterocycles. The summed E-state index contributed by atoms with van der Waals surface area (Å²) in [7, 11) is 3.13. The van der Waals surface area contributed by atoms with Gasteiger partial charge in [-0.15, -0.1) is 0 Å². The van der Waals surface area contributed by atoms with Gasteiger partial charge in [0.2, 0.25) is 5.91 Å². The van der Waals surface area contributed by atoms with E-state index in [1.807, 2.05) is 12.1 Å². The highest BCUT2D eigenvalue weighted by atomic mass is 32.1. The first-order valence-corrected chi connectivity index (χ1v) is 8.25. The number of rotatable bonds is 6. The minimum atomic E-state index is -0.335. The molecule has 0 atom stereocenters. The molecule has 0 saturated heterocycles. The van der Waals surface area contributed by atoms with Crippen LogP contribution in [0.4, 0.5) is 10.1 Å². The van der Waals surface area contributed by atoms with Crippen molar-refractivity contribution >= 4 is 28.9 Å². The lowest BCUT2D eigenvalue weighted by Gasteiger charge is -2.12. The summed E-state index contributed by atoms with van der Waals surface area (Å²) in [5.41, 5.74) is 6.68. The summed E-state index contributed by atoms with van der Waals surface area (Å²) < 4.78 is 23.3. The number of carbonyl (C=O) groups excluding carboxylic acids is 1. The number of halogens is 1. The van der Waals surface area contributed by atoms with Gasteiger partial charge in [0, 0.05) is 12.1 Å². The topological polar surface area (TPSA) is 71.6 Å². The standard InChI is InChI=1S/C18H20FN3O3S/c1-24-15-9-3-12(11-16(15)25-2)4-10-17(23)21-22-18(26)20-14-7-5-13(19)6-8-14/h3,5-9,11H,4,10H2,1-2H3,(H,21,23)(H2,20,22,26). The lowest BCUT2D eigenvalue weighted by Crippen LogP contribution is -2.43. The van der Waals surface area contributed by atoms with Gasteiger partial charge in [-0.2, -0.15) is 0 Å². The number of nitrogens with one attached hydrogen (secondary N) is 3. The SMILES string of the molecule is COc1ccc(CCC(=O)NNC(=S)Nc2ccc(F)cc2)cc1OC. The van der Waals surface area contributed by atoms with Gasteiger partial charge >= 0.3 is 0 Å². The van der Waals surface area contributed by atoms with Crippen LogP contribution >= 0.6 is 12.2 Å². The Morgan fingerprint density at radius 3 is 2.38 bits per heavy atom. The first-order chi connectivity index (χ1) is 12.5. The maximum atomic E-state index is 12.8. The van der Waals surface area contributed by atoms with Crippen LogP contribution in [0.15, 0.2) is 42.5 Å². The highest BCUT2D eigenvalue weighted by Gasteiger charge is 2.07. The van der Waals surface area contributed by atoms with Gasteiger partial charge in [-0.3, -0.25) is 15.6 Å². The molecule has 0 aromatic heterocycles. The van der Waals surface area contributed by atoms with Crippen LogP contribution in [0.5, 0.6) is 11.5 Å². The second-order valence-electron chi connectivity index (χ2n) is 5.32. The number of ether oxygens (including phenoxy) is 2. The number of anilines is 1. The zero-order valence-electron chi connectivity index (χ0n) is 14.5. The number of benzene rings is 2. The van der Waals surface area contributed by atoms with E-state index in [9.17, 15) is 9.18 Å². The van der Waals surface area contributed by atoms with Crippen LogP contribution in [0.2, 0.25) is 0 Å². The molecule has 0 aliphatic carbocycles. The summed E-state index contributed by atoms with van der Waals surface area (Å²) in [5.74, 6) is 0.703. The van der Waals surface area contributed by atoms with Gasteiger partial charge in [0.15, 0.2) is 16.6 Å². The lowest BCUT2D eigenvalue weighted by molar-refractivity contribution is -0.121. The van der Waals surface area contributed by atoms with Crippen molar-refractivity contribution in [3.63, 3.8) is 0 Å². The van der Waals surface area contributed by atoms with Crippen LogP contribution in [0, 0.1) is 5.82 Å². The molecule has 8 heteroatoms. The molecule has 0 aliphatic rings. The second kappa shape index (κ2) is 9.57. The molecule has 2 aromatic carbocycles. The minimum Gasteiger partial charge on any atom is -0.493 e. The van der Waals surface area contributed by atoms with Crippen molar-refractivity contribution in [2.24, 2.45) is 0 Å². The Labute approximate surface area is 156 Å². The Balaban J connectivity index is 1.76. The maximum Gasteiger partial charge on any atom is 0.238 e. The van der Waals surface area contributed by atoms with E-state index in [0.29, 0.717) is 23.6 Å². The number of hydrogen-bond acceptors (Lipinski definition) is 4. The van der Waals surface area contributed by atoms with Crippen molar-refractivity contribution in [2.45, 2.75) is 12.8 Å². The number of amides is 1. The van der Waals surface area contributed by atoms with Crippen LogP contribution in [-0.2, 0) is 11.2 Å². The summed E-state index contributed by atoms with van der Waals surface area (Å²) in [6.07, 6.45) is 0.799. The smallest absolute Gasteiger partial charge is 0.238 e. The number of aryl methyl sites for hydroxylation is 1. The third kappa shape index (κ3) is 5.89. The van der Waals surface area contributed by atoms with Crippen molar-refractivity contribution in [2.75, 3.05) is 19.5 Å². The molecule has 26 heavy (non-hydrogen) atoms. The monoisotopic (exact) mass is 377 g/mol. The number of thiocarbonyl (C=S) groups is 1. The molecule has 6 nitrogen and oxygen atoms in total. The average molecular weight is 377 g/mol. The Kier molecular flexibility index (Phi) is 7.16. The molecule has 3 N–H and O–H groups in total. The molecule has 0 fully saturated rings. The van der Waals surface area contributed by atoms with E-state index in [4.69, 9.17) is 21.7 Å². The van der Waals surface area contributed by atoms with E-state index < -0.39 is 0 Å². The third-order valence-corrected chi connectivity index (χ3v) is 3.71. The summed E-state index contributed by atoms with van der Waals surface area (Å²) in [6, 6.07) is 11.2. The zero-order chi connectivity index (χ0) is 18.9. The maximum absolute atomic E-state index is 12.8. The van der Waals surface area contributed by atoms with Crippen molar-refractivity contribution in [1.29, 1.82) is 0 Å². The summed E-state index contributed by atoms with van der Waals surface area (Å²) in [6.45, 7) is 0. The Morgan fingerprint density at radius 1 is 1.04 bits per heavy atom. The first kappa shape index (κ1) is 19.5. The average Bonchev–Trinajstić information content (AvgIpc) is 2.66. The van der Waals surface area contributed by atoms with Crippen LogP contribution < -0.4 is 25.6 Å². The number of carbonyl (C=O) groups is 1. The summed E-state index contributed by atoms with van der Waals surface area (Å²) in [5, 5.41) is 3.04. The van der Waals surface area contributed by atoms with Gasteiger partial charge in [-0.25, -0.2) is 4.39 Å². The van der Waals surface area contributed by atoms with Gasteiger partial charge in [-0.05, 0) is 60.6 Å². The Bertz CT molecular complexity index is 769. The Morgan fingerprint density at radius 2 is 1.73 bits per heavy atom. The van der Waals surface area contributed by atoms with Gasteiger partial charge in [0.25, 0.3) is 0 Å². The van der Waals surface area contributed by atoms with Crippen LogP contribution in [0.25, 0.3) is 0 Å². The molecule has 0 spiro atoms. The minimum absolute atomic E-state index is 0.205. The molecule has 0 bridgehead atoms. The number of hydrazine groups is 1. The number of methoxy groups -OCH3 is 2.